The lowest BCUT2D eigenvalue weighted by atomic mass is 10.2. The number of aromatic nitrogens is 4. The monoisotopic (exact) mass is 265 g/mol. The third kappa shape index (κ3) is 1.11. The molecule has 1 aliphatic rings. The normalized spacial score (nSPS) is 13.1. The summed E-state index contributed by atoms with van der Waals surface area (Å²) < 4.78 is 5.73. The lowest BCUT2D eigenvalue weighted by Gasteiger charge is -1.92. The van der Waals surface area contributed by atoms with E-state index < -0.39 is 0 Å². The van der Waals surface area contributed by atoms with Crippen molar-refractivity contribution in [1.29, 1.82) is 0 Å². The van der Waals surface area contributed by atoms with Crippen LogP contribution in [0.1, 0.15) is 5.69 Å². The van der Waals surface area contributed by atoms with Gasteiger partial charge in [0.1, 0.15) is 12.7 Å². The maximum absolute atomic E-state index is 4.53. The molecule has 5 heterocycles. The zero-order valence-electron chi connectivity index (χ0n) is 9.95. The Balaban J connectivity index is 2.00. The van der Waals surface area contributed by atoms with E-state index in [0.717, 1.165) is 17.9 Å². The first-order valence-electron chi connectivity index (χ1n) is 6.14. The third-order valence-corrected chi connectivity index (χ3v) is 4.63. The molecule has 0 saturated carbocycles. The molecule has 19 heavy (non-hydrogen) atoms. The third-order valence-electron chi connectivity index (χ3n) is 3.60. The number of pyridine rings is 2. The summed E-state index contributed by atoms with van der Waals surface area (Å²) in [5.41, 5.74) is 3.39. The Kier molecular flexibility index (Phi) is 1.62. The topological polar surface area (TPSA) is 34.1 Å². The maximum Gasteiger partial charge on any atom is 0.298 e. The van der Waals surface area contributed by atoms with Crippen LogP contribution in [0.2, 0.25) is 0 Å². The Morgan fingerprint density at radius 2 is 2.05 bits per heavy atom. The average molecular weight is 265 g/mol. The fourth-order valence-electron chi connectivity index (χ4n) is 2.83. The Hall–Kier alpha value is -2.27. The summed E-state index contributed by atoms with van der Waals surface area (Å²) >= 11 is 1.78. The second-order valence-electron chi connectivity index (χ2n) is 4.68. The predicted octanol–water partition coefficient (Wildman–Crippen LogP) is 2.26. The van der Waals surface area contributed by atoms with Gasteiger partial charge in [0, 0.05) is 12.4 Å². The van der Waals surface area contributed by atoms with Gasteiger partial charge in [-0.3, -0.25) is 4.98 Å². The molecule has 0 radical (unpaired) electrons. The SMILES string of the molecule is c1cnc2c(c1)-c1n3c(c[n+]1C2)sc1cccnc13. The van der Waals surface area contributed by atoms with Gasteiger partial charge in [-0.15, -0.1) is 0 Å². The van der Waals surface area contributed by atoms with E-state index in [4.69, 9.17) is 0 Å². The van der Waals surface area contributed by atoms with Crippen LogP contribution in [-0.4, -0.2) is 14.4 Å². The number of fused-ring (bicyclic) bond motifs is 7. The van der Waals surface area contributed by atoms with Crippen LogP contribution in [0, 0.1) is 0 Å². The highest BCUT2D eigenvalue weighted by Crippen LogP contribution is 2.32. The minimum Gasteiger partial charge on any atom is -0.256 e. The van der Waals surface area contributed by atoms with Gasteiger partial charge in [0.05, 0.1) is 16.0 Å². The molecule has 0 amide bonds. The Morgan fingerprint density at radius 3 is 3.05 bits per heavy atom. The van der Waals surface area contributed by atoms with Gasteiger partial charge in [0.15, 0.2) is 0 Å². The molecule has 0 bridgehead atoms. The van der Waals surface area contributed by atoms with Gasteiger partial charge in [0.25, 0.3) is 5.82 Å². The second kappa shape index (κ2) is 3.19. The molecule has 4 nitrogen and oxygen atoms in total. The van der Waals surface area contributed by atoms with Crippen LogP contribution in [0.25, 0.3) is 26.6 Å². The quantitative estimate of drug-likeness (QED) is 0.402. The molecule has 5 rings (SSSR count). The summed E-state index contributed by atoms with van der Waals surface area (Å²) in [7, 11) is 0. The van der Waals surface area contributed by atoms with Crippen LogP contribution in [0.5, 0.6) is 0 Å². The zero-order valence-corrected chi connectivity index (χ0v) is 10.8. The van der Waals surface area contributed by atoms with Crippen molar-refractivity contribution in [1.82, 2.24) is 14.4 Å². The van der Waals surface area contributed by atoms with Crippen molar-refractivity contribution in [3.8, 4) is 11.4 Å². The summed E-state index contributed by atoms with van der Waals surface area (Å²) in [4.78, 5) is 10.2. The van der Waals surface area contributed by atoms with Gasteiger partial charge in [-0.1, -0.05) is 11.3 Å². The van der Waals surface area contributed by atoms with E-state index in [1.807, 2.05) is 24.5 Å². The number of thiazole rings is 1. The summed E-state index contributed by atoms with van der Waals surface area (Å²) in [5.74, 6) is 1.20. The van der Waals surface area contributed by atoms with Crippen molar-refractivity contribution in [3.63, 3.8) is 0 Å². The minimum atomic E-state index is 0.855. The first kappa shape index (κ1) is 9.63. The Morgan fingerprint density at radius 1 is 1.16 bits per heavy atom. The lowest BCUT2D eigenvalue weighted by Crippen LogP contribution is -2.29. The number of hydrogen-bond acceptors (Lipinski definition) is 3. The molecule has 0 unspecified atom stereocenters. The smallest absolute Gasteiger partial charge is 0.256 e. The first-order chi connectivity index (χ1) is 9.42. The van der Waals surface area contributed by atoms with Gasteiger partial charge in [-0.05, 0) is 24.3 Å². The molecule has 0 spiro atoms. The molecule has 0 atom stereocenters. The Labute approximate surface area is 112 Å². The molecule has 4 aromatic rings. The predicted molar refractivity (Wildman–Crippen MR) is 73.1 cm³/mol. The van der Waals surface area contributed by atoms with Crippen molar-refractivity contribution in [2.45, 2.75) is 6.54 Å². The summed E-state index contributed by atoms with van der Waals surface area (Å²) in [6, 6.07) is 8.24. The summed E-state index contributed by atoms with van der Waals surface area (Å²) in [5, 5.41) is 0. The van der Waals surface area contributed by atoms with E-state index in [2.05, 4.69) is 37.3 Å². The van der Waals surface area contributed by atoms with Crippen molar-refractivity contribution in [2.24, 2.45) is 0 Å². The van der Waals surface area contributed by atoms with Crippen LogP contribution < -0.4 is 4.57 Å². The molecule has 0 fully saturated rings. The van der Waals surface area contributed by atoms with Gasteiger partial charge < -0.3 is 0 Å². The van der Waals surface area contributed by atoms with Gasteiger partial charge in [0.2, 0.25) is 10.5 Å². The van der Waals surface area contributed by atoms with Gasteiger partial charge in [-0.25, -0.2) is 9.55 Å². The highest BCUT2D eigenvalue weighted by atomic mass is 32.1. The fraction of sp³-hybridized carbons (Fsp3) is 0.0714. The van der Waals surface area contributed by atoms with Crippen molar-refractivity contribution >= 4 is 26.5 Å². The lowest BCUT2D eigenvalue weighted by molar-refractivity contribution is -0.670. The summed E-state index contributed by atoms with van der Waals surface area (Å²) in [6.07, 6.45) is 5.91. The number of rotatable bonds is 0. The molecule has 0 saturated heterocycles. The van der Waals surface area contributed by atoms with Crippen molar-refractivity contribution in [2.75, 3.05) is 0 Å². The van der Waals surface area contributed by atoms with Crippen LogP contribution >= 0.6 is 11.3 Å². The van der Waals surface area contributed by atoms with E-state index in [-0.39, 0.29) is 0 Å². The molecular formula is C14H9N4S+. The van der Waals surface area contributed by atoms with E-state index >= 15 is 0 Å². The van der Waals surface area contributed by atoms with Crippen LogP contribution in [-0.2, 0) is 6.54 Å². The molecular weight excluding hydrogens is 256 g/mol. The zero-order chi connectivity index (χ0) is 12.4. The molecule has 90 valence electrons. The molecule has 5 heteroatoms. The minimum absolute atomic E-state index is 0.855. The molecule has 4 aromatic heterocycles. The number of nitrogens with zero attached hydrogens (tertiary/aromatic N) is 4. The van der Waals surface area contributed by atoms with E-state index in [1.165, 1.54) is 20.9 Å². The van der Waals surface area contributed by atoms with Crippen molar-refractivity contribution < 1.29 is 4.57 Å². The first-order valence-corrected chi connectivity index (χ1v) is 6.96. The van der Waals surface area contributed by atoms with E-state index in [9.17, 15) is 0 Å². The number of hydrogen-bond donors (Lipinski definition) is 0. The van der Waals surface area contributed by atoms with E-state index in [0.29, 0.717) is 0 Å². The largest absolute Gasteiger partial charge is 0.298 e. The Bertz CT molecular complexity index is 951. The molecule has 1 aliphatic heterocycles. The van der Waals surface area contributed by atoms with Crippen molar-refractivity contribution in [3.05, 3.63) is 48.5 Å². The molecule has 0 N–H and O–H groups in total. The second-order valence-corrected chi connectivity index (χ2v) is 5.74. The van der Waals surface area contributed by atoms with Crippen LogP contribution in [0.15, 0.2) is 42.9 Å². The fourth-order valence-corrected chi connectivity index (χ4v) is 3.88. The van der Waals surface area contributed by atoms with Crippen LogP contribution in [0.4, 0.5) is 0 Å². The summed E-state index contributed by atoms with van der Waals surface area (Å²) in [6.45, 7) is 0.855. The molecule has 0 aromatic carbocycles. The average Bonchev–Trinajstić information content (AvgIpc) is 3.04. The van der Waals surface area contributed by atoms with Crippen LogP contribution in [0.3, 0.4) is 0 Å². The van der Waals surface area contributed by atoms with Gasteiger partial charge >= 0.3 is 0 Å². The molecule has 0 aliphatic carbocycles. The van der Waals surface area contributed by atoms with E-state index in [1.54, 1.807) is 11.3 Å². The van der Waals surface area contributed by atoms with Gasteiger partial charge in [-0.2, -0.15) is 4.40 Å². The number of imidazole rings is 1. The maximum atomic E-state index is 4.53. The highest BCUT2D eigenvalue weighted by Gasteiger charge is 2.32. The highest BCUT2D eigenvalue weighted by molar-refractivity contribution is 7.23. The standard InChI is InChI=1S/C14H9N4S/c1-3-9-10(15-5-1)7-17-8-12-18(14(9)17)13-11(19-12)4-2-6-16-13/h1-6,8H,7H2/q+1.